The zero-order valence-corrected chi connectivity index (χ0v) is 16.8. The molecule has 124 valence electrons. The molecule has 0 heterocycles. The molecule has 4 heteroatoms. The molecule has 0 amide bonds. The third-order valence-corrected chi connectivity index (χ3v) is 5.55. The molecule has 0 radical (unpaired) electrons. The summed E-state index contributed by atoms with van der Waals surface area (Å²) in [6, 6.07) is 12.0. The van der Waals surface area contributed by atoms with Crippen LogP contribution in [-0.4, -0.2) is 12.6 Å². The van der Waals surface area contributed by atoms with Crippen molar-refractivity contribution in [3.8, 4) is 5.75 Å². The van der Waals surface area contributed by atoms with E-state index in [2.05, 4.69) is 32.9 Å². The largest absolute Gasteiger partial charge is 1.00 e. The Morgan fingerprint density at radius 3 is 1.96 bits per heavy atom. The number of aryl methyl sites for hydroxylation is 2. The molecule has 2 aromatic carbocycles. The monoisotopic (exact) mass is 336 g/mol. The van der Waals surface area contributed by atoms with E-state index < -0.39 is 0 Å². The predicted octanol–water partition coefficient (Wildman–Crippen LogP) is 1.87. The van der Waals surface area contributed by atoms with Crippen LogP contribution < -0.4 is 28.9 Å². The van der Waals surface area contributed by atoms with E-state index in [4.69, 9.17) is 4.74 Å². The predicted molar refractivity (Wildman–Crippen MR) is 101 cm³/mol. The molecule has 0 saturated heterocycles. The zero-order chi connectivity index (χ0) is 17.2. The van der Waals surface area contributed by atoms with Gasteiger partial charge in [0.2, 0.25) is 0 Å². The summed E-state index contributed by atoms with van der Waals surface area (Å²) in [6.45, 7) is 10.6. The molecule has 0 spiro atoms. The molecular weight excluding hydrogens is 310 g/mol. The number of hydrogen-bond acceptors (Lipinski definition) is 2. The first-order valence-electron chi connectivity index (χ1n) is 7.79. The van der Waals surface area contributed by atoms with Gasteiger partial charge >= 0.3 is 18.9 Å². The molecule has 0 fully saturated rings. The average Bonchev–Trinajstić information content (AvgIpc) is 2.49. The Kier molecular flexibility index (Phi) is 7.30. The minimum atomic E-state index is 0. The van der Waals surface area contributed by atoms with Crippen molar-refractivity contribution < 1.29 is 29.8 Å². The van der Waals surface area contributed by atoms with Crippen molar-refractivity contribution in [3.05, 3.63) is 58.7 Å². The topological polar surface area (TPSA) is 26.3 Å². The van der Waals surface area contributed by atoms with E-state index in [1.807, 2.05) is 38.1 Å². The maximum atomic E-state index is 12.6. The second-order valence-corrected chi connectivity index (χ2v) is 8.12. The van der Waals surface area contributed by atoms with E-state index in [-0.39, 0.29) is 39.8 Å². The van der Waals surface area contributed by atoms with Crippen LogP contribution in [-0.2, 0) is 5.41 Å². The smallest absolute Gasteiger partial charge is 1.00 e. The van der Waals surface area contributed by atoms with Crippen LogP contribution in [0.3, 0.4) is 0 Å². The number of carbonyl (C=O) groups excluding carboxylic acids is 1. The van der Waals surface area contributed by atoms with Crippen LogP contribution >= 0.6 is 8.58 Å². The van der Waals surface area contributed by atoms with E-state index in [1.165, 1.54) is 5.56 Å². The summed E-state index contributed by atoms with van der Waals surface area (Å²) in [4.78, 5) is 12.6. The number of benzene rings is 2. The van der Waals surface area contributed by atoms with Crippen molar-refractivity contribution in [2.24, 2.45) is 0 Å². The van der Waals surface area contributed by atoms with Crippen LogP contribution in [0.2, 0.25) is 0 Å². The third kappa shape index (κ3) is 4.97. The molecule has 0 aliphatic carbocycles. The Hall–Kier alpha value is -1.06. The fourth-order valence-corrected chi connectivity index (χ4v) is 3.62. The summed E-state index contributed by atoms with van der Waals surface area (Å²) in [5, 5.41) is 1.12. The molecule has 0 bridgehead atoms. The number of rotatable bonds is 4. The Bertz CT molecular complexity index is 698. The van der Waals surface area contributed by atoms with Gasteiger partial charge in [-0.15, -0.1) is 0 Å². The minimum absolute atomic E-state index is 0. The second kappa shape index (κ2) is 8.35. The van der Waals surface area contributed by atoms with Crippen LogP contribution in [0.15, 0.2) is 36.4 Å². The van der Waals surface area contributed by atoms with Crippen molar-refractivity contribution in [2.45, 2.75) is 40.0 Å². The molecule has 0 aliphatic heterocycles. The molecule has 0 N–H and O–H groups in total. The number of methoxy groups -OCH3 is 1. The van der Waals surface area contributed by atoms with Crippen molar-refractivity contribution in [1.82, 2.24) is 0 Å². The average molecular weight is 336 g/mol. The van der Waals surface area contributed by atoms with Gasteiger partial charge in [-0.3, -0.25) is 4.79 Å². The molecule has 1 unspecified atom stereocenters. The van der Waals surface area contributed by atoms with Crippen molar-refractivity contribution in [2.75, 3.05) is 7.11 Å². The van der Waals surface area contributed by atoms with Crippen LogP contribution in [0.1, 0.15) is 49.2 Å². The fraction of sp³-hybridized carbons (Fsp3) is 0.350. The Labute approximate surface area is 160 Å². The van der Waals surface area contributed by atoms with E-state index >= 15 is 0 Å². The van der Waals surface area contributed by atoms with E-state index in [0.29, 0.717) is 0 Å². The SMILES string of the molecule is COc1cc(C)c(PC(=O)c2ccc(C(C)(C)C)cc2)c(C)c1.[H-].[Li+]. The summed E-state index contributed by atoms with van der Waals surface area (Å²) >= 11 is 0. The molecule has 24 heavy (non-hydrogen) atoms. The van der Waals surface area contributed by atoms with E-state index in [1.54, 1.807) is 7.11 Å². The normalized spacial score (nSPS) is 11.4. The first-order valence-corrected chi connectivity index (χ1v) is 8.79. The van der Waals surface area contributed by atoms with Gasteiger partial charge in [0.15, 0.2) is 5.52 Å². The fourth-order valence-electron chi connectivity index (χ4n) is 2.55. The van der Waals surface area contributed by atoms with Crippen molar-refractivity contribution >= 4 is 19.4 Å². The van der Waals surface area contributed by atoms with Gasteiger partial charge in [0.25, 0.3) is 0 Å². The number of carbonyl (C=O) groups is 1. The van der Waals surface area contributed by atoms with Gasteiger partial charge in [-0.2, -0.15) is 0 Å². The summed E-state index contributed by atoms with van der Waals surface area (Å²) in [6.07, 6.45) is 0. The molecule has 1 atom stereocenters. The zero-order valence-electron chi connectivity index (χ0n) is 16.8. The third-order valence-electron chi connectivity index (χ3n) is 3.99. The van der Waals surface area contributed by atoms with Crippen LogP contribution in [0, 0.1) is 13.8 Å². The van der Waals surface area contributed by atoms with Gasteiger partial charge in [-0.05, 0) is 62.0 Å². The quantitative estimate of drug-likeness (QED) is 0.629. The first kappa shape index (κ1) is 21.0. The first-order chi connectivity index (χ1) is 10.7. The van der Waals surface area contributed by atoms with Crippen LogP contribution in [0.25, 0.3) is 0 Å². The van der Waals surface area contributed by atoms with E-state index in [9.17, 15) is 4.79 Å². The molecule has 0 saturated carbocycles. The van der Waals surface area contributed by atoms with E-state index in [0.717, 1.165) is 27.7 Å². The maximum absolute atomic E-state index is 12.6. The van der Waals surface area contributed by atoms with Crippen LogP contribution in [0.4, 0.5) is 0 Å². The Balaban J connectivity index is 0.00000288. The summed E-state index contributed by atoms with van der Waals surface area (Å²) < 4.78 is 5.28. The number of hydrogen-bond donors (Lipinski definition) is 0. The molecule has 2 nitrogen and oxygen atoms in total. The molecule has 2 rings (SSSR count). The van der Waals surface area contributed by atoms with Gasteiger partial charge in [0.1, 0.15) is 5.75 Å². The van der Waals surface area contributed by atoms with Gasteiger partial charge in [-0.25, -0.2) is 0 Å². The van der Waals surface area contributed by atoms with Gasteiger partial charge in [-0.1, -0.05) is 45.0 Å². The molecule has 0 aromatic heterocycles. The Morgan fingerprint density at radius 2 is 1.54 bits per heavy atom. The van der Waals surface area contributed by atoms with Crippen LogP contribution in [0.5, 0.6) is 5.75 Å². The van der Waals surface area contributed by atoms with Crippen molar-refractivity contribution in [3.63, 3.8) is 0 Å². The summed E-state index contributed by atoms with van der Waals surface area (Å²) in [5.74, 6) is 0.843. The minimum Gasteiger partial charge on any atom is -1.00 e. The summed E-state index contributed by atoms with van der Waals surface area (Å²) in [7, 11) is 1.80. The maximum Gasteiger partial charge on any atom is 1.00 e. The number of ether oxygens (including phenoxy) is 1. The Morgan fingerprint density at radius 1 is 1.04 bits per heavy atom. The van der Waals surface area contributed by atoms with Gasteiger partial charge < -0.3 is 6.16 Å². The summed E-state index contributed by atoms with van der Waals surface area (Å²) in [5.41, 5.74) is 4.54. The molecular formula is C20H26LiO2P. The van der Waals surface area contributed by atoms with Crippen molar-refractivity contribution in [1.29, 1.82) is 0 Å². The van der Waals surface area contributed by atoms with Gasteiger partial charge in [0, 0.05) is 5.56 Å². The standard InChI is InChI=1S/C20H25O2P.Li.H/c1-13-11-17(22-6)12-14(2)18(13)23-19(21)15-7-9-16(10-8-15)20(3,4)5;;/h7-12,23H,1-6H3;;/q;+1;-1. The second-order valence-electron chi connectivity index (χ2n) is 6.92. The van der Waals surface area contributed by atoms with Gasteiger partial charge in [0.05, 0.1) is 7.11 Å². The molecule has 0 aliphatic rings. The molecule has 2 aromatic rings.